The second-order valence-electron chi connectivity index (χ2n) is 10.7. The third-order valence-corrected chi connectivity index (χ3v) is 6.45. The molecule has 0 heterocycles. The summed E-state index contributed by atoms with van der Waals surface area (Å²) in [6, 6.07) is 0. The molecule has 1 saturated carbocycles. The van der Waals surface area contributed by atoms with Crippen LogP contribution in [0.25, 0.3) is 0 Å². The number of ether oxygens (including phenoxy) is 2. The van der Waals surface area contributed by atoms with Crippen LogP contribution >= 0.6 is 0 Å². The molecule has 0 bridgehead atoms. The van der Waals surface area contributed by atoms with Crippen molar-refractivity contribution in [3.05, 3.63) is 0 Å². The Morgan fingerprint density at radius 3 is 1.62 bits per heavy atom. The highest BCUT2D eigenvalue weighted by atomic mass is 19.4. The molecule has 0 N–H and O–H groups in total. The van der Waals surface area contributed by atoms with Crippen LogP contribution in [-0.2, 0) is 19.1 Å². The molecule has 1 aliphatic carbocycles. The fraction of sp³-hybridized carbons (Fsp3) is 0.917. The number of carbonyl (C=O) groups excluding carboxylic acids is 2. The summed E-state index contributed by atoms with van der Waals surface area (Å²) in [4.78, 5) is 22.9. The van der Waals surface area contributed by atoms with Gasteiger partial charge in [-0.15, -0.1) is 0 Å². The van der Waals surface area contributed by atoms with Crippen LogP contribution in [0.2, 0.25) is 0 Å². The van der Waals surface area contributed by atoms with Gasteiger partial charge in [0.15, 0.2) is 0 Å². The number of hydrogen-bond donors (Lipinski definition) is 0. The predicted octanol–water partition coefficient (Wildman–Crippen LogP) is 7.64. The minimum atomic E-state index is -5.65. The normalized spacial score (nSPS) is 20.8. The predicted molar refractivity (Wildman–Crippen MR) is 117 cm³/mol. The molecule has 0 aromatic heterocycles. The van der Waals surface area contributed by atoms with Crippen LogP contribution in [0.5, 0.6) is 0 Å². The zero-order valence-corrected chi connectivity index (χ0v) is 21.5. The van der Waals surface area contributed by atoms with Gasteiger partial charge in [-0.25, -0.2) is 0 Å². The molecule has 4 nitrogen and oxygen atoms in total. The number of carbonyl (C=O) groups is 2. The van der Waals surface area contributed by atoms with Gasteiger partial charge in [0.25, 0.3) is 6.10 Å². The first-order valence-electron chi connectivity index (χ1n) is 11.7. The lowest BCUT2D eigenvalue weighted by atomic mass is 9.72. The fourth-order valence-corrected chi connectivity index (χ4v) is 3.22. The lowest BCUT2D eigenvalue weighted by Crippen LogP contribution is -2.46. The minimum absolute atomic E-state index is 0.0239. The standard InChI is InChI=1S/C16H30O2.C8H10F6O2/c1-7-16(5,6)14(17)18-13-10-8-12(9-11-13)15(2,3)4;1-3-4(2)5(15)16-6(7(9,10)11)8(12,13)14/h12-13H,7-11H2,1-6H3;4,6H,3H2,1-2H3. The van der Waals surface area contributed by atoms with Crippen molar-refractivity contribution in [3.8, 4) is 0 Å². The maximum absolute atomic E-state index is 12.0. The molecule has 34 heavy (non-hydrogen) atoms. The average molecular weight is 507 g/mol. The second-order valence-corrected chi connectivity index (χ2v) is 10.7. The van der Waals surface area contributed by atoms with Crippen LogP contribution in [0, 0.1) is 22.7 Å². The lowest BCUT2D eigenvalue weighted by molar-refractivity contribution is -0.314. The van der Waals surface area contributed by atoms with E-state index in [9.17, 15) is 35.9 Å². The van der Waals surface area contributed by atoms with Crippen LogP contribution in [0.15, 0.2) is 0 Å². The number of rotatable bonds is 6. The summed E-state index contributed by atoms with van der Waals surface area (Å²) in [5.74, 6) is -1.77. The zero-order chi connectivity index (χ0) is 27.1. The van der Waals surface area contributed by atoms with Gasteiger partial charge in [-0.3, -0.25) is 9.59 Å². The van der Waals surface area contributed by atoms with Crippen molar-refractivity contribution in [1.29, 1.82) is 0 Å². The molecule has 0 spiro atoms. The first-order valence-corrected chi connectivity index (χ1v) is 11.7. The summed E-state index contributed by atoms with van der Waals surface area (Å²) in [6.45, 7) is 15.5. The molecule has 0 radical (unpaired) electrons. The molecule has 0 saturated heterocycles. The van der Waals surface area contributed by atoms with Crippen LogP contribution in [0.4, 0.5) is 26.3 Å². The molecule has 0 amide bonds. The van der Waals surface area contributed by atoms with E-state index < -0.39 is 30.3 Å². The number of esters is 2. The number of halogens is 6. The van der Waals surface area contributed by atoms with Gasteiger partial charge in [0, 0.05) is 0 Å². The second kappa shape index (κ2) is 12.5. The van der Waals surface area contributed by atoms with Crippen LogP contribution < -0.4 is 0 Å². The van der Waals surface area contributed by atoms with E-state index >= 15 is 0 Å². The van der Waals surface area contributed by atoms with E-state index in [1.165, 1.54) is 26.7 Å². The molecule has 1 fully saturated rings. The van der Waals surface area contributed by atoms with E-state index in [-0.39, 0.29) is 23.9 Å². The van der Waals surface area contributed by atoms with Gasteiger partial charge in [0.1, 0.15) is 6.10 Å². The van der Waals surface area contributed by atoms with Crippen LogP contribution in [-0.4, -0.2) is 36.5 Å². The van der Waals surface area contributed by atoms with E-state index in [0.717, 1.165) is 25.2 Å². The Morgan fingerprint density at radius 2 is 1.29 bits per heavy atom. The van der Waals surface area contributed by atoms with Gasteiger partial charge in [-0.05, 0) is 63.7 Å². The molecule has 0 aromatic rings. The summed E-state index contributed by atoms with van der Waals surface area (Å²) in [5, 5.41) is 0. The highest BCUT2D eigenvalue weighted by Crippen LogP contribution is 2.39. The van der Waals surface area contributed by atoms with Gasteiger partial charge < -0.3 is 9.47 Å². The SMILES string of the molecule is CCC(C)(C)C(=O)OC1CCC(C(C)(C)C)CC1.CCC(C)C(=O)OC(C(F)(F)F)C(F)(F)F. The topological polar surface area (TPSA) is 52.6 Å². The summed E-state index contributed by atoms with van der Waals surface area (Å²) in [6.07, 6.45) is -9.82. The minimum Gasteiger partial charge on any atom is -0.462 e. The molecule has 202 valence electrons. The molecular formula is C24H40F6O4. The summed E-state index contributed by atoms with van der Waals surface area (Å²) in [5.41, 5.74) is 0.0541. The Morgan fingerprint density at radius 1 is 0.853 bits per heavy atom. The summed E-state index contributed by atoms with van der Waals surface area (Å²) < 4.78 is 80.8. The monoisotopic (exact) mass is 506 g/mol. The molecule has 1 aliphatic rings. The van der Waals surface area contributed by atoms with E-state index in [1.807, 2.05) is 20.8 Å². The Hall–Kier alpha value is -1.48. The van der Waals surface area contributed by atoms with Crippen molar-refractivity contribution in [2.75, 3.05) is 0 Å². The van der Waals surface area contributed by atoms with Crippen molar-refractivity contribution in [1.82, 2.24) is 0 Å². The average Bonchev–Trinajstić information content (AvgIpc) is 2.69. The molecule has 10 heteroatoms. The Balaban J connectivity index is 0.000000646. The molecule has 1 atom stereocenters. The van der Waals surface area contributed by atoms with Crippen molar-refractivity contribution >= 4 is 11.9 Å². The molecule has 1 unspecified atom stereocenters. The van der Waals surface area contributed by atoms with Crippen molar-refractivity contribution < 1.29 is 45.4 Å². The maximum Gasteiger partial charge on any atom is 0.434 e. The largest absolute Gasteiger partial charge is 0.462 e. The van der Waals surface area contributed by atoms with Gasteiger partial charge >= 0.3 is 24.3 Å². The first-order chi connectivity index (χ1) is 15.2. The Labute approximate surface area is 199 Å². The van der Waals surface area contributed by atoms with Gasteiger partial charge in [-0.2, -0.15) is 26.3 Å². The highest BCUT2D eigenvalue weighted by Gasteiger charge is 2.60. The highest BCUT2D eigenvalue weighted by molar-refractivity contribution is 5.76. The van der Waals surface area contributed by atoms with E-state index in [0.29, 0.717) is 5.41 Å². The Kier molecular flexibility index (Phi) is 11.9. The number of hydrogen-bond acceptors (Lipinski definition) is 4. The summed E-state index contributed by atoms with van der Waals surface area (Å²) >= 11 is 0. The number of alkyl halides is 6. The Bertz CT molecular complexity index is 627. The quantitative estimate of drug-likeness (QED) is 0.274. The van der Waals surface area contributed by atoms with Crippen LogP contribution in [0.1, 0.15) is 93.9 Å². The third kappa shape index (κ3) is 10.8. The van der Waals surface area contributed by atoms with Gasteiger partial charge in [0.2, 0.25) is 0 Å². The van der Waals surface area contributed by atoms with E-state index in [4.69, 9.17) is 4.74 Å². The summed E-state index contributed by atoms with van der Waals surface area (Å²) in [7, 11) is 0. The van der Waals surface area contributed by atoms with Crippen molar-refractivity contribution in [2.45, 2.75) is 118 Å². The lowest BCUT2D eigenvalue weighted by Gasteiger charge is -2.37. The van der Waals surface area contributed by atoms with E-state index in [1.54, 1.807) is 0 Å². The van der Waals surface area contributed by atoms with Gasteiger partial charge in [0.05, 0.1) is 11.3 Å². The smallest absolute Gasteiger partial charge is 0.434 e. The first kappa shape index (κ1) is 32.5. The molecule has 0 aliphatic heterocycles. The third-order valence-electron chi connectivity index (χ3n) is 6.45. The zero-order valence-electron chi connectivity index (χ0n) is 21.5. The van der Waals surface area contributed by atoms with Crippen molar-refractivity contribution in [2.24, 2.45) is 22.7 Å². The molecular weight excluding hydrogens is 466 g/mol. The molecule has 1 rings (SSSR count). The van der Waals surface area contributed by atoms with Crippen LogP contribution in [0.3, 0.4) is 0 Å². The van der Waals surface area contributed by atoms with Crippen molar-refractivity contribution in [3.63, 3.8) is 0 Å². The maximum atomic E-state index is 12.0. The van der Waals surface area contributed by atoms with Gasteiger partial charge in [-0.1, -0.05) is 41.5 Å². The fourth-order valence-electron chi connectivity index (χ4n) is 3.22. The van der Waals surface area contributed by atoms with E-state index in [2.05, 4.69) is 25.5 Å². The molecule has 0 aromatic carbocycles.